The van der Waals surface area contributed by atoms with Crippen LogP contribution in [0.5, 0.6) is 0 Å². The number of amides is 2. The fourth-order valence-corrected chi connectivity index (χ4v) is 1.90. The second kappa shape index (κ2) is 4.34. The molecular formula is C12H16N2O. The van der Waals surface area contributed by atoms with Gasteiger partial charge < -0.3 is 10.2 Å². The summed E-state index contributed by atoms with van der Waals surface area (Å²) in [6, 6.07) is 10.4. The molecule has 1 aromatic carbocycles. The third-order valence-corrected chi connectivity index (χ3v) is 2.81. The third kappa shape index (κ3) is 2.29. The van der Waals surface area contributed by atoms with E-state index in [0.29, 0.717) is 5.92 Å². The Bertz CT molecular complexity index is 337. The van der Waals surface area contributed by atoms with Crippen LogP contribution in [-0.2, 0) is 0 Å². The third-order valence-electron chi connectivity index (χ3n) is 2.81. The summed E-state index contributed by atoms with van der Waals surface area (Å²) < 4.78 is 0. The van der Waals surface area contributed by atoms with Gasteiger partial charge in [0.2, 0.25) is 0 Å². The highest BCUT2D eigenvalue weighted by Gasteiger charge is 2.21. The fourth-order valence-electron chi connectivity index (χ4n) is 1.90. The molecule has 1 fully saturated rings. The summed E-state index contributed by atoms with van der Waals surface area (Å²) in [5.74, 6) is 0.398. The smallest absolute Gasteiger partial charge is 0.317 e. The molecule has 3 nitrogen and oxygen atoms in total. The summed E-state index contributed by atoms with van der Waals surface area (Å²) in [4.78, 5) is 13.2. The second-order valence-electron chi connectivity index (χ2n) is 3.99. The van der Waals surface area contributed by atoms with Crippen LogP contribution in [0.25, 0.3) is 0 Å². The van der Waals surface area contributed by atoms with Gasteiger partial charge >= 0.3 is 6.03 Å². The van der Waals surface area contributed by atoms with E-state index in [-0.39, 0.29) is 6.03 Å². The molecule has 80 valence electrons. The molecule has 0 aromatic heterocycles. The fraction of sp³-hybridized carbons (Fsp3) is 0.417. The highest BCUT2D eigenvalue weighted by atomic mass is 16.2. The van der Waals surface area contributed by atoms with Crippen LogP contribution >= 0.6 is 0 Å². The van der Waals surface area contributed by atoms with Crippen molar-refractivity contribution < 1.29 is 4.79 Å². The van der Waals surface area contributed by atoms with Crippen LogP contribution in [0, 0.1) is 0 Å². The van der Waals surface area contributed by atoms with E-state index in [1.165, 1.54) is 5.56 Å². The van der Waals surface area contributed by atoms with Gasteiger partial charge in [-0.05, 0) is 11.5 Å². The standard InChI is InChI=1S/C12H16N2O/c1-10(11-5-3-2-4-6-11)9-14-8-7-13-12(14)15/h2-6,10H,7-9H2,1H3,(H,13,15). The van der Waals surface area contributed by atoms with E-state index < -0.39 is 0 Å². The molecule has 0 bridgehead atoms. The minimum absolute atomic E-state index is 0.0674. The number of nitrogens with zero attached hydrogens (tertiary/aromatic N) is 1. The van der Waals surface area contributed by atoms with Crippen LogP contribution in [0.4, 0.5) is 4.79 Å². The maximum Gasteiger partial charge on any atom is 0.317 e. The summed E-state index contributed by atoms with van der Waals surface area (Å²) >= 11 is 0. The number of rotatable bonds is 3. The van der Waals surface area contributed by atoms with Gasteiger partial charge in [0.15, 0.2) is 0 Å². The zero-order valence-electron chi connectivity index (χ0n) is 8.94. The summed E-state index contributed by atoms with van der Waals surface area (Å²) in [7, 11) is 0. The number of nitrogens with one attached hydrogen (secondary N) is 1. The van der Waals surface area contributed by atoms with Crippen molar-refractivity contribution in [2.75, 3.05) is 19.6 Å². The predicted octanol–water partition coefficient (Wildman–Crippen LogP) is 1.82. The van der Waals surface area contributed by atoms with E-state index in [1.807, 2.05) is 23.1 Å². The minimum atomic E-state index is 0.0674. The van der Waals surface area contributed by atoms with E-state index in [0.717, 1.165) is 19.6 Å². The lowest BCUT2D eigenvalue weighted by molar-refractivity contribution is 0.215. The molecule has 1 aliphatic heterocycles. The quantitative estimate of drug-likeness (QED) is 0.800. The van der Waals surface area contributed by atoms with Crippen molar-refractivity contribution in [3.63, 3.8) is 0 Å². The van der Waals surface area contributed by atoms with E-state index in [9.17, 15) is 4.79 Å². The molecule has 2 amide bonds. The van der Waals surface area contributed by atoms with Crippen LogP contribution in [0.15, 0.2) is 30.3 Å². The minimum Gasteiger partial charge on any atom is -0.336 e. The zero-order valence-corrected chi connectivity index (χ0v) is 8.94. The number of benzene rings is 1. The Morgan fingerprint density at radius 3 is 2.73 bits per heavy atom. The summed E-state index contributed by atoms with van der Waals surface area (Å²) in [5, 5.41) is 2.81. The van der Waals surface area contributed by atoms with Crippen molar-refractivity contribution in [3.8, 4) is 0 Å². The molecule has 1 aromatic rings. The maximum absolute atomic E-state index is 11.4. The Morgan fingerprint density at radius 1 is 1.40 bits per heavy atom. The Kier molecular flexibility index (Phi) is 2.90. The van der Waals surface area contributed by atoms with Gasteiger partial charge in [-0.2, -0.15) is 0 Å². The summed E-state index contributed by atoms with van der Waals surface area (Å²) in [6.45, 7) is 4.56. The van der Waals surface area contributed by atoms with Crippen molar-refractivity contribution in [1.82, 2.24) is 10.2 Å². The van der Waals surface area contributed by atoms with E-state index >= 15 is 0 Å². The SMILES string of the molecule is CC(CN1CCNC1=O)c1ccccc1. The van der Waals surface area contributed by atoms with Gasteiger partial charge in [0.25, 0.3) is 0 Å². The van der Waals surface area contributed by atoms with Crippen molar-refractivity contribution in [1.29, 1.82) is 0 Å². The van der Waals surface area contributed by atoms with Crippen molar-refractivity contribution in [2.45, 2.75) is 12.8 Å². The van der Waals surface area contributed by atoms with Gasteiger partial charge in [-0.3, -0.25) is 0 Å². The number of urea groups is 1. The van der Waals surface area contributed by atoms with Crippen molar-refractivity contribution in [3.05, 3.63) is 35.9 Å². The molecule has 0 spiro atoms. The number of carbonyl (C=O) groups is 1. The first-order valence-corrected chi connectivity index (χ1v) is 5.35. The number of hydrogen-bond acceptors (Lipinski definition) is 1. The largest absolute Gasteiger partial charge is 0.336 e. The molecule has 3 heteroatoms. The van der Waals surface area contributed by atoms with Crippen LogP contribution in [0.3, 0.4) is 0 Å². The molecule has 15 heavy (non-hydrogen) atoms. The molecule has 0 aliphatic carbocycles. The van der Waals surface area contributed by atoms with Gasteiger partial charge in [0, 0.05) is 19.6 Å². The molecule has 2 rings (SSSR count). The maximum atomic E-state index is 11.4. The van der Waals surface area contributed by atoms with E-state index in [4.69, 9.17) is 0 Å². The van der Waals surface area contributed by atoms with Gasteiger partial charge in [-0.1, -0.05) is 37.3 Å². The highest BCUT2D eigenvalue weighted by Crippen LogP contribution is 2.16. The molecule has 0 saturated carbocycles. The number of hydrogen-bond donors (Lipinski definition) is 1. The van der Waals surface area contributed by atoms with Gasteiger partial charge in [-0.15, -0.1) is 0 Å². The predicted molar refractivity (Wildman–Crippen MR) is 59.8 cm³/mol. The average Bonchev–Trinajstić information content (AvgIpc) is 2.66. The Balaban J connectivity index is 1.98. The lowest BCUT2D eigenvalue weighted by Crippen LogP contribution is -2.31. The normalized spacial score (nSPS) is 17.7. The first kappa shape index (κ1) is 10.0. The number of carbonyl (C=O) groups excluding carboxylic acids is 1. The highest BCUT2D eigenvalue weighted by molar-refractivity contribution is 5.76. The van der Waals surface area contributed by atoms with Crippen LogP contribution in [0.2, 0.25) is 0 Å². The first-order valence-electron chi connectivity index (χ1n) is 5.35. The lowest BCUT2D eigenvalue weighted by Gasteiger charge is -2.19. The van der Waals surface area contributed by atoms with E-state index in [2.05, 4.69) is 24.4 Å². The molecule has 1 N–H and O–H groups in total. The lowest BCUT2D eigenvalue weighted by atomic mass is 10.0. The van der Waals surface area contributed by atoms with Crippen LogP contribution < -0.4 is 5.32 Å². The van der Waals surface area contributed by atoms with Crippen LogP contribution in [0.1, 0.15) is 18.4 Å². The topological polar surface area (TPSA) is 32.3 Å². The second-order valence-corrected chi connectivity index (χ2v) is 3.99. The Labute approximate surface area is 90.1 Å². The van der Waals surface area contributed by atoms with Crippen molar-refractivity contribution >= 4 is 6.03 Å². The Hall–Kier alpha value is -1.51. The molecule has 0 radical (unpaired) electrons. The molecule has 1 unspecified atom stereocenters. The molecule has 1 heterocycles. The van der Waals surface area contributed by atoms with Gasteiger partial charge in [0.1, 0.15) is 0 Å². The molecule has 1 atom stereocenters. The molecule has 1 aliphatic rings. The van der Waals surface area contributed by atoms with Gasteiger partial charge in [-0.25, -0.2) is 4.79 Å². The molecular weight excluding hydrogens is 188 g/mol. The first-order chi connectivity index (χ1) is 7.27. The summed E-state index contributed by atoms with van der Waals surface area (Å²) in [5.41, 5.74) is 1.29. The van der Waals surface area contributed by atoms with Crippen LogP contribution in [-0.4, -0.2) is 30.6 Å². The van der Waals surface area contributed by atoms with Crippen molar-refractivity contribution in [2.24, 2.45) is 0 Å². The molecule has 1 saturated heterocycles. The summed E-state index contributed by atoms with van der Waals surface area (Å²) in [6.07, 6.45) is 0. The zero-order chi connectivity index (χ0) is 10.7. The van der Waals surface area contributed by atoms with Gasteiger partial charge in [0.05, 0.1) is 0 Å². The monoisotopic (exact) mass is 204 g/mol. The average molecular weight is 204 g/mol. The van der Waals surface area contributed by atoms with E-state index in [1.54, 1.807) is 0 Å². The Morgan fingerprint density at radius 2 is 2.13 bits per heavy atom.